The topological polar surface area (TPSA) is 80.4 Å². The van der Waals surface area contributed by atoms with Crippen LogP contribution in [-0.2, 0) is 16.0 Å². The molecule has 1 amide bonds. The third-order valence-corrected chi connectivity index (χ3v) is 4.38. The SMILES string of the molecule is COC(=O)C(Cc1c[nH]c2ccccc12)NC(=O)c1ccc(OC(C)C)cc1. The lowest BCUT2D eigenvalue weighted by molar-refractivity contribution is -0.142. The van der Waals surface area contributed by atoms with Crippen molar-refractivity contribution in [2.45, 2.75) is 32.4 Å². The number of methoxy groups -OCH3 is 1. The smallest absolute Gasteiger partial charge is 0.328 e. The first-order valence-electron chi connectivity index (χ1n) is 9.18. The van der Waals surface area contributed by atoms with Crippen LogP contribution in [0.2, 0.25) is 0 Å². The molecule has 28 heavy (non-hydrogen) atoms. The molecule has 2 N–H and O–H groups in total. The number of hydrogen-bond donors (Lipinski definition) is 2. The predicted octanol–water partition coefficient (Wildman–Crippen LogP) is 3.47. The van der Waals surface area contributed by atoms with Gasteiger partial charge < -0.3 is 19.8 Å². The lowest BCUT2D eigenvalue weighted by atomic mass is 10.0. The minimum absolute atomic E-state index is 0.0551. The molecule has 6 heteroatoms. The minimum atomic E-state index is -0.789. The van der Waals surface area contributed by atoms with E-state index in [1.807, 2.05) is 44.3 Å². The summed E-state index contributed by atoms with van der Waals surface area (Å²) in [6, 6.07) is 13.9. The molecular formula is C22H24N2O4. The number of aromatic nitrogens is 1. The van der Waals surface area contributed by atoms with Crippen molar-refractivity contribution in [3.8, 4) is 5.75 Å². The number of benzene rings is 2. The lowest BCUT2D eigenvalue weighted by Crippen LogP contribution is -2.43. The normalized spacial score (nSPS) is 12.0. The molecule has 3 rings (SSSR count). The van der Waals surface area contributed by atoms with E-state index in [0.29, 0.717) is 17.7 Å². The molecule has 0 radical (unpaired) electrons. The second-order valence-corrected chi connectivity index (χ2v) is 6.80. The number of amides is 1. The first kappa shape index (κ1) is 19.5. The van der Waals surface area contributed by atoms with Crippen LogP contribution in [0.25, 0.3) is 10.9 Å². The van der Waals surface area contributed by atoms with Gasteiger partial charge in [0.05, 0.1) is 13.2 Å². The van der Waals surface area contributed by atoms with Crippen LogP contribution >= 0.6 is 0 Å². The van der Waals surface area contributed by atoms with Crippen molar-refractivity contribution in [1.29, 1.82) is 0 Å². The Morgan fingerprint density at radius 3 is 2.46 bits per heavy atom. The third kappa shape index (κ3) is 4.52. The summed E-state index contributed by atoms with van der Waals surface area (Å²) in [7, 11) is 1.31. The average molecular weight is 380 g/mol. The van der Waals surface area contributed by atoms with Gasteiger partial charge in [-0.25, -0.2) is 4.79 Å². The fourth-order valence-corrected chi connectivity index (χ4v) is 3.05. The van der Waals surface area contributed by atoms with E-state index in [1.165, 1.54) is 7.11 Å². The van der Waals surface area contributed by atoms with Crippen molar-refractivity contribution in [3.63, 3.8) is 0 Å². The van der Waals surface area contributed by atoms with Crippen molar-refractivity contribution in [1.82, 2.24) is 10.3 Å². The van der Waals surface area contributed by atoms with Gasteiger partial charge in [-0.3, -0.25) is 4.79 Å². The largest absolute Gasteiger partial charge is 0.491 e. The van der Waals surface area contributed by atoms with Crippen molar-refractivity contribution in [2.24, 2.45) is 0 Å². The molecular weight excluding hydrogens is 356 g/mol. The zero-order valence-corrected chi connectivity index (χ0v) is 16.2. The third-order valence-electron chi connectivity index (χ3n) is 4.38. The Kier molecular flexibility index (Phi) is 5.99. The number of para-hydroxylation sites is 1. The van der Waals surface area contributed by atoms with Crippen LogP contribution in [0.15, 0.2) is 54.7 Å². The summed E-state index contributed by atoms with van der Waals surface area (Å²) in [5.74, 6) is -0.139. The van der Waals surface area contributed by atoms with Gasteiger partial charge in [0.1, 0.15) is 11.8 Å². The lowest BCUT2D eigenvalue weighted by Gasteiger charge is -2.17. The number of nitrogens with one attached hydrogen (secondary N) is 2. The van der Waals surface area contributed by atoms with Gasteiger partial charge in [-0.1, -0.05) is 18.2 Å². The minimum Gasteiger partial charge on any atom is -0.491 e. The number of carbonyl (C=O) groups is 2. The molecule has 1 heterocycles. The van der Waals surface area contributed by atoms with Crippen LogP contribution < -0.4 is 10.1 Å². The molecule has 3 aromatic rings. The van der Waals surface area contributed by atoms with Crippen LogP contribution in [-0.4, -0.2) is 36.1 Å². The average Bonchev–Trinajstić information content (AvgIpc) is 3.10. The zero-order valence-electron chi connectivity index (χ0n) is 16.2. The highest BCUT2D eigenvalue weighted by Crippen LogP contribution is 2.20. The highest BCUT2D eigenvalue weighted by molar-refractivity contribution is 5.97. The van der Waals surface area contributed by atoms with Crippen molar-refractivity contribution in [3.05, 3.63) is 65.9 Å². The van der Waals surface area contributed by atoms with E-state index < -0.39 is 12.0 Å². The van der Waals surface area contributed by atoms with Gasteiger partial charge in [-0.15, -0.1) is 0 Å². The molecule has 0 fully saturated rings. The fourth-order valence-electron chi connectivity index (χ4n) is 3.05. The van der Waals surface area contributed by atoms with E-state index in [0.717, 1.165) is 16.5 Å². The summed E-state index contributed by atoms with van der Waals surface area (Å²) in [5.41, 5.74) is 2.36. The highest BCUT2D eigenvalue weighted by Gasteiger charge is 2.24. The summed E-state index contributed by atoms with van der Waals surface area (Å²) in [5, 5.41) is 3.79. The van der Waals surface area contributed by atoms with Gasteiger partial charge in [0.2, 0.25) is 0 Å². The van der Waals surface area contributed by atoms with Gasteiger partial charge in [0.25, 0.3) is 5.91 Å². The second kappa shape index (κ2) is 8.61. The van der Waals surface area contributed by atoms with E-state index in [2.05, 4.69) is 10.3 Å². The number of fused-ring (bicyclic) bond motifs is 1. The molecule has 0 bridgehead atoms. The molecule has 1 atom stereocenters. The molecule has 1 unspecified atom stereocenters. The first-order valence-corrected chi connectivity index (χ1v) is 9.18. The Bertz CT molecular complexity index is 960. The zero-order chi connectivity index (χ0) is 20.1. The maximum absolute atomic E-state index is 12.6. The van der Waals surface area contributed by atoms with Crippen molar-refractivity contribution >= 4 is 22.8 Å². The molecule has 2 aromatic carbocycles. The number of hydrogen-bond acceptors (Lipinski definition) is 4. The van der Waals surface area contributed by atoms with E-state index in [1.54, 1.807) is 24.3 Å². The summed E-state index contributed by atoms with van der Waals surface area (Å²) in [4.78, 5) is 28.1. The van der Waals surface area contributed by atoms with E-state index >= 15 is 0 Å². The molecule has 6 nitrogen and oxygen atoms in total. The number of rotatable bonds is 7. The van der Waals surface area contributed by atoms with Gasteiger partial charge in [0.15, 0.2) is 0 Å². The van der Waals surface area contributed by atoms with E-state index in [-0.39, 0.29) is 12.0 Å². The summed E-state index contributed by atoms with van der Waals surface area (Å²) < 4.78 is 10.5. The number of carbonyl (C=O) groups excluding carboxylic acids is 2. The Hall–Kier alpha value is -3.28. The fraction of sp³-hybridized carbons (Fsp3) is 0.273. The standard InChI is InChI=1S/C22H24N2O4/c1-14(2)28-17-10-8-15(9-11-17)21(25)24-20(22(26)27-3)12-16-13-23-19-7-5-4-6-18(16)19/h4-11,13-14,20,23H,12H2,1-3H3,(H,24,25). The van der Waals surface area contributed by atoms with E-state index in [9.17, 15) is 9.59 Å². The van der Waals surface area contributed by atoms with Gasteiger partial charge in [-0.2, -0.15) is 0 Å². The Balaban J connectivity index is 1.75. The number of H-pyrrole nitrogens is 1. The van der Waals surface area contributed by atoms with Crippen LogP contribution in [0.4, 0.5) is 0 Å². The van der Waals surface area contributed by atoms with E-state index in [4.69, 9.17) is 9.47 Å². The quantitative estimate of drug-likeness (QED) is 0.615. The molecule has 0 saturated carbocycles. The Labute approximate surface area is 163 Å². The Morgan fingerprint density at radius 1 is 1.07 bits per heavy atom. The van der Waals surface area contributed by atoms with Crippen molar-refractivity contribution < 1.29 is 19.1 Å². The molecule has 0 aliphatic rings. The summed E-state index contributed by atoms with van der Waals surface area (Å²) in [6.07, 6.45) is 2.24. The Morgan fingerprint density at radius 2 is 1.79 bits per heavy atom. The highest BCUT2D eigenvalue weighted by atomic mass is 16.5. The summed E-state index contributed by atoms with van der Waals surface area (Å²) in [6.45, 7) is 3.87. The number of esters is 1. The second-order valence-electron chi connectivity index (χ2n) is 6.80. The monoisotopic (exact) mass is 380 g/mol. The van der Waals surface area contributed by atoms with Gasteiger partial charge >= 0.3 is 5.97 Å². The van der Waals surface area contributed by atoms with Crippen molar-refractivity contribution in [2.75, 3.05) is 7.11 Å². The maximum atomic E-state index is 12.6. The molecule has 0 aliphatic heterocycles. The van der Waals surface area contributed by atoms with Gasteiger partial charge in [-0.05, 0) is 49.7 Å². The number of aromatic amines is 1. The molecule has 146 valence electrons. The molecule has 0 spiro atoms. The summed E-state index contributed by atoms with van der Waals surface area (Å²) >= 11 is 0. The molecule has 0 saturated heterocycles. The van der Waals surface area contributed by atoms with Crippen LogP contribution in [0, 0.1) is 0 Å². The van der Waals surface area contributed by atoms with Gasteiger partial charge in [0, 0.05) is 29.1 Å². The molecule has 0 aliphatic carbocycles. The van der Waals surface area contributed by atoms with Crippen LogP contribution in [0.1, 0.15) is 29.8 Å². The molecule has 1 aromatic heterocycles. The first-order chi connectivity index (χ1) is 13.5. The van der Waals surface area contributed by atoms with Crippen LogP contribution in [0.3, 0.4) is 0 Å². The predicted molar refractivity (Wildman–Crippen MR) is 107 cm³/mol. The number of ether oxygens (including phenoxy) is 2. The maximum Gasteiger partial charge on any atom is 0.328 e. The van der Waals surface area contributed by atoms with Crippen LogP contribution in [0.5, 0.6) is 5.75 Å².